The Morgan fingerprint density at radius 2 is 2.44 bits per heavy atom. The third-order valence-corrected chi connectivity index (χ3v) is 3.54. The predicted octanol–water partition coefficient (Wildman–Crippen LogP) is 1.65. The summed E-state index contributed by atoms with van der Waals surface area (Å²) in [5, 5.41) is 6.44. The van der Waals surface area contributed by atoms with Crippen LogP contribution in [-0.4, -0.2) is 23.5 Å². The van der Waals surface area contributed by atoms with E-state index in [4.69, 9.17) is 0 Å². The maximum atomic E-state index is 12.2. The van der Waals surface area contributed by atoms with Crippen molar-refractivity contribution in [3.8, 4) is 0 Å². The van der Waals surface area contributed by atoms with E-state index in [1.807, 2.05) is 19.1 Å². The van der Waals surface area contributed by atoms with Crippen LogP contribution in [0.25, 0.3) is 0 Å². The van der Waals surface area contributed by atoms with Crippen molar-refractivity contribution < 1.29 is 4.79 Å². The van der Waals surface area contributed by atoms with Crippen LogP contribution in [0.4, 0.5) is 0 Å². The van der Waals surface area contributed by atoms with Gasteiger partial charge in [0.15, 0.2) is 0 Å². The smallest absolute Gasteiger partial charge is 0.223 e. The maximum absolute atomic E-state index is 12.2. The van der Waals surface area contributed by atoms with Crippen LogP contribution in [-0.2, 0) is 4.79 Å². The van der Waals surface area contributed by atoms with Crippen LogP contribution in [0.5, 0.6) is 0 Å². The lowest BCUT2D eigenvalue weighted by molar-refractivity contribution is -0.126. The molecule has 2 N–H and O–H groups in total. The van der Waals surface area contributed by atoms with Gasteiger partial charge in [0.05, 0.1) is 6.04 Å². The van der Waals surface area contributed by atoms with E-state index in [9.17, 15) is 4.79 Å². The number of pyridine rings is 1. The molecule has 0 saturated carbocycles. The fourth-order valence-electron chi connectivity index (χ4n) is 2.42. The minimum atomic E-state index is 0.0244. The molecular weight excluding hydrogens is 226 g/mol. The fourth-order valence-corrected chi connectivity index (χ4v) is 2.42. The van der Waals surface area contributed by atoms with Gasteiger partial charge in [0.25, 0.3) is 0 Å². The molecule has 0 spiro atoms. The van der Waals surface area contributed by atoms with Crippen molar-refractivity contribution in [3.05, 3.63) is 30.1 Å². The number of hydrogen-bond acceptors (Lipinski definition) is 3. The molecule has 3 atom stereocenters. The average Bonchev–Trinajstić information content (AvgIpc) is 2.39. The summed E-state index contributed by atoms with van der Waals surface area (Å²) in [6.45, 7) is 5.06. The minimum Gasteiger partial charge on any atom is -0.349 e. The van der Waals surface area contributed by atoms with E-state index in [1.165, 1.54) is 0 Å². The topological polar surface area (TPSA) is 54.0 Å². The highest BCUT2D eigenvalue weighted by molar-refractivity contribution is 5.79. The minimum absolute atomic E-state index is 0.0244. The summed E-state index contributed by atoms with van der Waals surface area (Å²) in [4.78, 5) is 16.2. The van der Waals surface area contributed by atoms with Crippen molar-refractivity contribution in [2.24, 2.45) is 5.92 Å². The number of piperidine rings is 1. The second-order valence-corrected chi connectivity index (χ2v) is 5.09. The number of nitrogens with one attached hydrogen (secondary N) is 2. The zero-order chi connectivity index (χ0) is 13.0. The van der Waals surface area contributed by atoms with Crippen LogP contribution in [0.15, 0.2) is 24.5 Å². The molecule has 98 valence electrons. The van der Waals surface area contributed by atoms with Gasteiger partial charge in [-0.3, -0.25) is 9.78 Å². The molecule has 4 heteroatoms. The Morgan fingerprint density at radius 1 is 1.61 bits per heavy atom. The first kappa shape index (κ1) is 13.0. The Kier molecular flexibility index (Phi) is 4.31. The van der Waals surface area contributed by atoms with Gasteiger partial charge in [-0.05, 0) is 44.9 Å². The molecule has 1 fully saturated rings. The number of carbonyl (C=O) groups is 1. The van der Waals surface area contributed by atoms with Crippen molar-refractivity contribution in [2.75, 3.05) is 6.54 Å². The quantitative estimate of drug-likeness (QED) is 0.854. The standard InChI is InChI=1S/C14H21N3O/c1-10-8-12(5-7-16-10)14(18)17-11(2)13-4-3-6-15-9-13/h3-4,6,9-12,16H,5,7-8H2,1-2H3,(H,17,18)/t10?,11-,12?/m0/s1. The Bertz CT molecular complexity index is 393. The summed E-state index contributed by atoms with van der Waals surface area (Å²) in [5.74, 6) is 0.306. The van der Waals surface area contributed by atoms with E-state index >= 15 is 0 Å². The van der Waals surface area contributed by atoms with Gasteiger partial charge in [0, 0.05) is 24.4 Å². The van der Waals surface area contributed by atoms with Gasteiger partial charge in [-0.15, -0.1) is 0 Å². The molecule has 1 aliphatic heterocycles. The van der Waals surface area contributed by atoms with Crippen molar-refractivity contribution >= 4 is 5.91 Å². The van der Waals surface area contributed by atoms with Crippen LogP contribution >= 0.6 is 0 Å². The van der Waals surface area contributed by atoms with Crippen molar-refractivity contribution in [2.45, 2.75) is 38.8 Å². The highest BCUT2D eigenvalue weighted by Crippen LogP contribution is 2.18. The summed E-state index contributed by atoms with van der Waals surface area (Å²) in [6, 6.07) is 4.34. The Morgan fingerprint density at radius 3 is 3.11 bits per heavy atom. The molecule has 18 heavy (non-hydrogen) atoms. The number of rotatable bonds is 3. The number of carbonyl (C=O) groups excluding carboxylic acids is 1. The molecule has 0 aromatic carbocycles. The SMILES string of the molecule is CC1CC(C(=O)N[C@@H](C)c2cccnc2)CCN1. The van der Waals surface area contributed by atoms with Crippen LogP contribution in [0.2, 0.25) is 0 Å². The summed E-state index contributed by atoms with van der Waals surface area (Å²) < 4.78 is 0. The van der Waals surface area contributed by atoms with Crippen molar-refractivity contribution in [1.29, 1.82) is 0 Å². The summed E-state index contributed by atoms with van der Waals surface area (Å²) in [6.07, 6.45) is 5.39. The van der Waals surface area contributed by atoms with E-state index < -0.39 is 0 Å². The van der Waals surface area contributed by atoms with E-state index in [1.54, 1.807) is 12.4 Å². The molecular formula is C14H21N3O. The van der Waals surface area contributed by atoms with E-state index in [-0.39, 0.29) is 17.9 Å². The van der Waals surface area contributed by atoms with Crippen LogP contribution in [0, 0.1) is 5.92 Å². The van der Waals surface area contributed by atoms with Gasteiger partial charge >= 0.3 is 0 Å². The highest BCUT2D eigenvalue weighted by atomic mass is 16.1. The first-order valence-electron chi connectivity index (χ1n) is 6.60. The van der Waals surface area contributed by atoms with Crippen LogP contribution < -0.4 is 10.6 Å². The molecule has 1 aromatic rings. The Hall–Kier alpha value is -1.42. The lowest BCUT2D eigenvalue weighted by Gasteiger charge is -2.28. The second-order valence-electron chi connectivity index (χ2n) is 5.09. The van der Waals surface area contributed by atoms with Crippen molar-refractivity contribution in [3.63, 3.8) is 0 Å². The molecule has 1 saturated heterocycles. The highest BCUT2D eigenvalue weighted by Gasteiger charge is 2.25. The summed E-state index contributed by atoms with van der Waals surface area (Å²) in [7, 11) is 0. The molecule has 2 heterocycles. The first-order chi connectivity index (χ1) is 8.66. The van der Waals surface area contributed by atoms with Gasteiger partial charge in [0.1, 0.15) is 0 Å². The molecule has 4 nitrogen and oxygen atoms in total. The van der Waals surface area contributed by atoms with Crippen LogP contribution in [0.3, 0.4) is 0 Å². The zero-order valence-electron chi connectivity index (χ0n) is 11.0. The second kappa shape index (κ2) is 5.96. The zero-order valence-corrected chi connectivity index (χ0v) is 11.0. The third-order valence-electron chi connectivity index (χ3n) is 3.54. The molecule has 1 aliphatic rings. The molecule has 1 aromatic heterocycles. The number of amides is 1. The van der Waals surface area contributed by atoms with Gasteiger partial charge < -0.3 is 10.6 Å². The summed E-state index contributed by atoms with van der Waals surface area (Å²) >= 11 is 0. The lowest BCUT2D eigenvalue weighted by atomic mass is 9.92. The summed E-state index contributed by atoms with van der Waals surface area (Å²) in [5.41, 5.74) is 1.05. The molecule has 1 amide bonds. The Balaban J connectivity index is 1.91. The molecule has 0 radical (unpaired) electrons. The molecule has 2 unspecified atom stereocenters. The van der Waals surface area contributed by atoms with E-state index in [0.717, 1.165) is 24.9 Å². The number of nitrogens with zero attached hydrogens (tertiary/aromatic N) is 1. The number of aromatic nitrogens is 1. The van der Waals surface area contributed by atoms with Gasteiger partial charge in [-0.1, -0.05) is 6.07 Å². The average molecular weight is 247 g/mol. The van der Waals surface area contributed by atoms with Gasteiger partial charge in [-0.2, -0.15) is 0 Å². The fraction of sp³-hybridized carbons (Fsp3) is 0.571. The number of hydrogen-bond donors (Lipinski definition) is 2. The molecule has 2 rings (SSSR count). The van der Waals surface area contributed by atoms with Gasteiger partial charge in [0.2, 0.25) is 5.91 Å². The predicted molar refractivity (Wildman–Crippen MR) is 71.0 cm³/mol. The normalized spacial score (nSPS) is 25.4. The first-order valence-corrected chi connectivity index (χ1v) is 6.60. The lowest BCUT2D eigenvalue weighted by Crippen LogP contribution is -2.42. The Labute approximate surface area is 108 Å². The van der Waals surface area contributed by atoms with E-state index in [0.29, 0.717) is 6.04 Å². The van der Waals surface area contributed by atoms with Crippen LogP contribution in [0.1, 0.15) is 38.3 Å². The largest absolute Gasteiger partial charge is 0.349 e. The molecule has 0 aliphatic carbocycles. The van der Waals surface area contributed by atoms with Gasteiger partial charge in [-0.25, -0.2) is 0 Å². The molecule has 0 bridgehead atoms. The third kappa shape index (κ3) is 3.29. The van der Waals surface area contributed by atoms with Crippen molar-refractivity contribution in [1.82, 2.24) is 15.6 Å². The monoisotopic (exact) mass is 247 g/mol. The van der Waals surface area contributed by atoms with E-state index in [2.05, 4.69) is 22.5 Å². The maximum Gasteiger partial charge on any atom is 0.223 e.